The van der Waals surface area contributed by atoms with Gasteiger partial charge in [-0.1, -0.05) is 11.6 Å². The van der Waals surface area contributed by atoms with Crippen molar-refractivity contribution in [3.05, 3.63) is 58.7 Å². The van der Waals surface area contributed by atoms with Crippen LogP contribution < -0.4 is 31.1 Å². The third-order valence-electron chi connectivity index (χ3n) is 8.65. The molecule has 49 heavy (non-hydrogen) atoms. The van der Waals surface area contributed by atoms with Gasteiger partial charge in [0, 0.05) is 80.1 Å². The van der Waals surface area contributed by atoms with Crippen molar-refractivity contribution in [1.29, 1.82) is 5.41 Å². The molecule has 0 bridgehead atoms. The van der Waals surface area contributed by atoms with Gasteiger partial charge in [-0.15, -0.1) is 0 Å². The quantitative estimate of drug-likeness (QED) is 0.130. The summed E-state index contributed by atoms with van der Waals surface area (Å²) in [5.74, 6) is 0.817. The number of imide groups is 1. The summed E-state index contributed by atoms with van der Waals surface area (Å²) in [6, 6.07) is 12.0. The summed E-state index contributed by atoms with van der Waals surface area (Å²) in [5.41, 5.74) is 3.96. The van der Waals surface area contributed by atoms with Gasteiger partial charge in [0.2, 0.25) is 23.7 Å². The first-order chi connectivity index (χ1) is 23.4. The SMILES string of the molecule is CNc1cc(NC2CCN(c3ncc(Cl)c(Nc4ccc5c(c4)CC(=O)N5CCC(C)(C)F)n3)CC2)ccc1C=N.O=C1CCCC(=O)N1. The molecule has 2 saturated heterocycles. The number of amides is 3. The van der Waals surface area contributed by atoms with Crippen LogP contribution in [0.3, 0.4) is 0 Å². The van der Waals surface area contributed by atoms with Gasteiger partial charge in [0.1, 0.15) is 10.7 Å². The van der Waals surface area contributed by atoms with E-state index in [2.05, 4.69) is 31.2 Å². The van der Waals surface area contributed by atoms with Gasteiger partial charge >= 0.3 is 0 Å². The van der Waals surface area contributed by atoms with E-state index in [-0.39, 0.29) is 30.6 Å². The molecule has 0 radical (unpaired) electrons. The average Bonchev–Trinajstić information content (AvgIpc) is 3.38. The molecule has 0 aliphatic carbocycles. The molecule has 260 valence electrons. The number of aromatic nitrogens is 2. The lowest BCUT2D eigenvalue weighted by molar-refractivity contribution is -0.133. The van der Waals surface area contributed by atoms with E-state index in [9.17, 15) is 18.8 Å². The number of nitrogens with zero attached hydrogens (tertiary/aromatic N) is 4. The molecule has 6 rings (SSSR count). The van der Waals surface area contributed by atoms with Crippen LogP contribution in [-0.2, 0) is 20.8 Å². The van der Waals surface area contributed by atoms with Gasteiger partial charge in [0.25, 0.3) is 0 Å². The number of hydrogen-bond donors (Lipinski definition) is 5. The zero-order valence-corrected chi connectivity index (χ0v) is 28.8. The first-order valence-electron chi connectivity index (χ1n) is 16.5. The van der Waals surface area contributed by atoms with E-state index < -0.39 is 5.67 Å². The predicted octanol–water partition coefficient (Wildman–Crippen LogP) is 5.83. The van der Waals surface area contributed by atoms with Crippen molar-refractivity contribution in [2.75, 3.05) is 52.4 Å². The maximum absolute atomic E-state index is 14.0. The van der Waals surface area contributed by atoms with Crippen LogP contribution in [0.5, 0.6) is 0 Å². The summed E-state index contributed by atoms with van der Waals surface area (Å²) in [4.78, 5) is 46.3. The Balaban J connectivity index is 0.000000514. The molecule has 3 aliphatic heterocycles. The second kappa shape index (κ2) is 15.6. The highest BCUT2D eigenvalue weighted by molar-refractivity contribution is 6.32. The fourth-order valence-corrected chi connectivity index (χ4v) is 6.09. The molecule has 0 spiro atoms. The molecule has 4 heterocycles. The van der Waals surface area contributed by atoms with Crippen molar-refractivity contribution in [3.8, 4) is 0 Å². The molecule has 3 aromatic rings. The van der Waals surface area contributed by atoms with Gasteiger partial charge in [-0.05, 0) is 81.5 Å². The van der Waals surface area contributed by atoms with Gasteiger partial charge in [-0.3, -0.25) is 19.7 Å². The van der Waals surface area contributed by atoms with Crippen LogP contribution >= 0.6 is 11.6 Å². The van der Waals surface area contributed by atoms with Crippen LogP contribution in [0.15, 0.2) is 42.6 Å². The lowest BCUT2D eigenvalue weighted by Gasteiger charge is -2.33. The number of anilines is 6. The highest BCUT2D eigenvalue weighted by Gasteiger charge is 2.29. The zero-order valence-electron chi connectivity index (χ0n) is 28.0. The van der Waals surface area contributed by atoms with E-state index >= 15 is 0 Å². The van der Waals surface area contributed by atoms with E-state index in [1.165, 1.54) is 20.1 Å². The van der Waals surface area contributed by atoms with E-state index in [0.29, 0.717) is 48.6 Å². The minimum atomic E-state index is -1.33. The molecule has 3 aliphatic rings. The highest BCUT2D eigenvalue weighted by Crippen LogP contribution is 2.34. The molecule has 0 atom stereocenters. The predicted molar refractivity (Wildman–Crippen MR) is 192 cm³/mol. The Morgan fingerprint density at radius 1 is 1.08 bits per heavy atom. The lowest BCUT2D eigenvalue weighted by atomic mass is 10.0. The van der Waals surface area contributed by atoms with Crippen LogP contribution in [-0.4, -0.2) is 72.3 Å². The monoisotopic (exact) mass is 691 g/mol. The lowest BCUT2D eigenvalue weighted by Crippen LogP contribution is -2.40. The number of alkyl halides is 1. The Labute approximate surface area is 290 Å². The fraction of sp³-hybridized carbons (Fsp3) is 0.429. The van der Waals surface area contributed by atoms with Gasteiger partial charge in [-0.2, -0.15) is 4.98 Å². The number of rotatable bonds is 10. The van der Waals surface area contributed by atoms with E-state index in [0.717, 1.165) is 59.8 Å². The van der Waals surface area contributed by atoms with Crippen LogP contribution in [0.4, 0.5) is 38.9 Å². The van der Waals surface area contributed by atoms with Gasteiger partial charge in [-0.25, -0.2) is 9.37 Å². The summed E-state index contributed by atoms with van der Waals surface area (Å²) < 4.78 is 14.0. The van der Waals surface area contributed by atoms with Gasteiger partial charge < -0.3 is 31.2 Å². The van der Waals surface area contributed by atoms with Gasteiger partial charge in [0.15, 0.2) is 5.82 Å². The summed E-state index contributed by atoms with van der Waals surface area (Å²) in [5, 5.41) is 20.2. The van der Waals surface area contributed by atoms with Crippen LogP contribution in [0.1, 0.15) is 63.5 Å². The Morgan fingerprint density at radius 3 is 2.43 bits per heavy atom. The largest absolute Gasteiger partial charge is 0.388 e. The first kappa shape index (κ1) is 35.5. The molecule has 5 N–H and O–H groups in total. The number of nitrogens with one attached hydrogen (secondary N) is 5. The van der Waals surface area contributed by atoms with Crippen molar-refractivity contribution in [1.82, 2.24) is 15.3 Å². The standard InChI is InChI=1S/C30H36ClFN8O.C5H7NO2/c1-30(2,32)10-13-40-26-7-6-22(14-20(26)15-27(40)41)37-28-24(31)18-35-29(38-28)39-11-8-21(9-12-39)36-23-5-4-19(17-33)25(16-23)34-3;7-4-2-1-3-5(8)6-4/h4-7,14,16-18,21,33-34,36H,8-13,15H2,1-3H3,(H,35,37,38);1-3H2,(H,6,7,8). The second-order valence-corrected chi connectivity index (χ2v) is 13.4. The molecule has 0 saturated carbocycles. The van der Waals surface area contributed by atoms with E-state index in [1.54, 1.807) is 11.1 Å². The molecular formula is C35H43ClFN9O3. The Bertz CT molecular complexity index is 1690. The third kappa shape index (κ3) is 9.44. The maximum atomic E-state index is 14.0. The highest BCUT2D eigenvalue weighted by atomic mass is 35.5. The van der Waals surface area contributed by atoms with Crippen molar-refractivity contribution in [3.63, 3.8) is 0 Å². The Kier molecular flexibility index (Phi) is 11.3. The van der Waals surface area contributed by atoms with E-state index in [4.69, 9.17) is 22.0 Å². The summed E-state index contributed by atoms with van der Waals surface area (Å²) in [7, 11) is 1.86. The number of carbonyl (C=O) groups is 3. The van der Waals surface area contributed by atoms with Crippen molar-refractivity contribution in [2.45, 2.75) is 70.5 Å². The molecular weight excluding hydrogens is 649 g/mol. The van der Waals surface area contributed by atoms with Crippen molar-refractivity contribution < 1.29 is 18.8 Å². The fourth-order valence-electron chi connectivity index (χ4n) is 5.96. The number of hydrogen-bond acceptors (Lipinski definition) is 10. The van der Waals surface area contributed by atoms with Gasteiger partial charge in [0.05, 0.1) is 12.6 Å². The number of carbonyl (C=O) groups excluding carboxylic acids is 3. The first-order valence-corrected chi connectivity index (χ1v) is 16.9. The van der Waals surface area contributed by atoms with E-state index in [1.807, 2.05) is 43.4 Å². The molecule has 2 fully saturated rings. The molecule has 1 aromatic heterocycles. The summed E-state index contributed by atoms with van der Waals surface area (Å²) in [6.45, 7) is 5.00. The minimum Gasteiger partial charge on any atom is -0.388 e. The van der Waals surface area contributed by atoms with Crippen LogP contribution in [0.2, 0.25) is 5.02 Å². The van der Waals surface area contributed by atoms with Crippen molar-refractivity contribution in [2.24, 2.45) is 0 Å². The summed E-state index contributed by atoms with van der Waals surface area (Å²) in [6.07, 6.45) is 7.09. The second-order valence-electron chi connectivity index (χ2n) is 13.0. The number of fused-ring (bicyclic) bond motifs is 1. The van der Waals surface area contributed by atoms with Crippen molar-refractivity contribution >= 4 is 70.1 Å². The maximum Gasteiger partial charge on any atom is 0.231 e. The summed E-state index contributed by atoms with van der Waals surface area (Å²) >= 11 is 6.46. The third-order valence-corrected chi connectivity index (χ3v) is 8.93. The molecule has 0 unspecified atom stereocenters. The Hall–Kier alpha value is -4.78. The average molecular weight is 692 g/mol. The normalized spacial score (nSPS) is 16.4. The number of piperidine rings is 2. The number of benzene rings is 2. The molecule has 14 heteroatoms. The molecule has 12 nitrogen and oxygen atoms in total. The minimum absolute atomic E-state index is 0.0208. The molecule has 3 amide bonds. The molecule has 2 aromatic carbocycles. The smallest absolute Gasteiger partial charge is 0.231 e. The zero-order chi connectivity index (χ0) is 35.1. The topological polar surface area (TPSA) is 155 Å². The Morgan fingerprint density at radius 2 is 1.80 bits per heavy atom. The van der Waals surface area contributed by atoms with Crippen LogP contribution in [0.25, 0.3) is 0 Å². The number of halogens is 2. The van der Waals surface area contributed by atoms with Crippen LogP contribution in [0, 0.1) is 5.41 Å².